The Hall–Kier alpha value is -3.26. The molecule has 8 heteroatoms. The molecule has 4 rings (SSSR count). The highest BCUT2D eigenvalue weighted by atomic mass is 32.1. The second-order valence-electron chi connectivity index (χ2n) is 6.78. The molecule has 148 valence electrons. The van der Waals surface area contributed by atoms with E-state index in [0.717, 1.165) is 35.7 Å². The van der Waals surface area contributed by atoms with Gasteiger partial charge in [-0.25, -0.2) is 0 Å². The van der Waals surface area contributed by atoms with Gasteiger partial charge in [0.15, 0.2) is 10.6 Å². The summed E-state index contributed by atoms with van der Waals surface area (Å²) >= 11 is 5.25. The molecule has 0 aliphatic heterocycles. The molecule has 29 heavy (non-hydrogen) atoms. The Bertz CT molecular complexity index is 1050. The molecule has 3 aromatic rings. The number of hydrogen-bond donors (Lipinski definition) is 2. The van der Waals surface area contributed by atoms with Gasteiger partial charge in [0, 0.05) is 18.3 Å². The Kier molecular flexibility index (Phi) is 5.81. The van der Waals surface area contributed by atoms with Crippen LogP contribution < -0.4 is 10.1 Å². The maximum absolute atomic E-state index is 12.1. The third kappa shape index (κ3) is 5.17. The lowest BCUT2D eigenvalue weighted by molar-refractivity contribution is -0.116. The van der Waals surface area contributed by atoms with Crippen molar-refractivity contribution in [3.05, 3.63) is 76.6 Å². The van der Waals surface area contributed by atoms with Crippen molar-refractivity contribution in [2.45, 2.75) is 32.0 Å². The largest absolute Gasteiger partial charge is 0.487 e. The monoisotopic (exact) mass is 407 g/mol. The van der Waals surface area contributed by atoms with Crippen LogP contribution in [0.3, 0.4) is 0 Å². The number of carbonyl (C=O) groups excluding carboxylic acids is 1. The first-order valence-corrected chi connectivity index (χ1v) is 9.84. The number of H-pyrrole nitrogens is 1. The molecule has 0 atom stereocenters. The molecular formula is C21H21N5O2S. The number of benzene rings is 1. The number of nitrogens with zero attached hydrogens (tertiary/aromatic N) is 3. The number of ether oxygens (including phenoxy) is 1. The second kappa shape index (κ2) is 8.83. The number of amides is 1. The van der Waals surface area contributed by atoms with E-state index >= 15 is 0 Å². The molecule has 1 fully saturated rings. The normalized spacial score (nSPS) is 13.5. The van der Waals surface area contributed by atoms with Crippen LogP contribution in [-0.2, 0) is 17.9 Å². The van der Waals surface area contributed by atoms with Gasteiger partial charge < -0.3 is 10.1 Å². The van der Waals surface area contributed by atoms with E-state index in [1.165, 1.54) is 6.08 Å². The Labute approximate surface area is 173 Å². The van der Waals surface area contributed by atoms with Gasteiger partial charge in [-0.15, -0.1) is 0 Å². The van der Waals surface area contributed by atoms with Crippen molar-refractivity contribution in [2.75, 3.05) is 0 Å². The Balaban J connectivity index is 1.27. The minimum atomic E-state index is -0.184. The lowest BCUT2D eigenvalue weighted by atomic mass is 10.2. The van der Waals surface area contributed by atoms with Crippen LogP contribution in [0.5, 0.6) is 5.75 Å². The van der Waals surface area contributed by atoms with E-state index in [4.69, 9.17) is 17.0 Å². The van der Waals surface area contributed by atoms with Gasteiger partial charge in [-0.05, 0) is 61.0 Å². The van der Waals surface area contributed by atoms with Gasteiger partial charge >= 0.3 is 0 Å². The van der Waals surface area contributed by atoms with E-state index in [-0.39, 0.29) is 5.91 Å². The summed E-state index contributed by atoms with van der Waals surface area (Å²) in [6.07, 6.45) is 7.22. The van der Waals surface area contributed by atoms with Crippen molar-refractivity contribution in [1.82, 2.24) is 25.1 Å². The SMILES string of the molecule is O=C(/C=C/c1ccc(OCc2ccccn2)cc1)NCc1n[nH]c(=S)n1C1CC1. The van der Waals surface area contributed by atoms with Crippen molar-refractivity contribution in [3.63, 3.8) is 0 Å². The van der Waals surface area contributed by atoms with Crippen LogP contribution in [0.1, 0.15) is 36.0 Å². The summed E-state index contributed by atoms with van der Waals surface area (Å²) in [4.78, 5) is 16.3. The first-order valence-electron chi connectivity index (χ1n) is 9.43. The molecular weight excluding hydrogens is 386 g/mol. The molecule has 7 nitrogen and oxygen atoms in total. The molecule has 2 aromatic heterocycles. The van der Waals surface area contributed by atoms with Crippen molar-refractivity contribution >= 4 is 24.2 Å². The first kappa shape index (κ1) is 19.1. The molecule has 0 saturated heterocycles. The van der Waals surface area contributed by atoms with Crippen molar-refractivity contribution in [3.8, 4) is 5.75 Å². The zero-order chi connectivity index (χ0) is 20.1. The fourth-order valence-corrected chi connectivity index (χ4v) is 3.18. The van der Waals surface area contributed by atoms with Crippen molar-refractivity contribution in [2.24, 2.45) is 0 Å². The topological polar surface area (TPSA) is 84.8 Å². The van der Waals surface area contributed by atoms with Crippen molar-refractivity contribution in [1.29, 1.82) is 0 Å². The molecule has 0 radical (unpaired) electrons. The smallest absolute Gasteiger partial charge is 0.244 e. The third-order valence-electron chi connectivity index (χ3n) is 4.53. The summed E-state index contributed by atoms with van der Waals surface area (Å²) < 4.78 is 8.31. The molecule has 0 unspecified atom stereocenters. The predicted molar refractivity (Wildman–Crippen MR) is 112 cm³/mol. The van der Waals surface area contributed by atoms with Gasteiger partial charge in [-0.2, -0.15) is 5.10 Å². The van der Waals surface area contributed by atoms with Crippen LogP contribution in [0.4, 0.5) is 0 Å². The van der Waals surface area contributed by atoms with Crippen LogP contribution in [0.2, 0.25) is 0 Å². The quantitative estimate of drug-likeness (QED) is 0.440. The number of rotatable bonds is 8. The molecule has 2 heterocycles. The summed E-state index contributed by atoms with van der Waals surface area (Å²) in [5.41, 5.74) is 1.78. The maximum atomic E-state index is 12.1. The zero-order valence-corrected chi connectivity index (χ0v) is 16.6. The summed E-state index contributed by atoms with van der Waals surface area (Å²) in [6.45, 7) is 0.756. The van der Waals surface area contributed by atoms with Crippen LogP contribution >= 0.6 is 12.2 Å². The van der Waals surface area contributed by atoms with Crippen LogP contribution in [-0.4, -0.2) is 25.7 Å². The molecule has 1 aliphatic carbocycles. The Morgan fingerprint density at radius 2 is 2.10 bits per heavy atom. The number of hydrogen-bond acceptors (Lipinski definition) is 5. The van der Waals surface area contributed by atoms with E-state index in [0.29, 0.717) is 24.0 Å². The third-order valence-corrected chi connectivity index (χ3v) is 4.82. The average molecular weight is 407 g/mol. The summed E-state index contributed by atoms with van der Waals surface area (Å²) in [7, 11) is 0. The van der Waals surface area contributed by atoms with Crippen molar-refractivity contribution < 1.29 is 9.53 Å². The van der Waals surface area contributed by atoms with Gasteiger partial charge in [-0.3, -0.25) is 19.4 Å². The minimum Gasteiger partial charge on any atom is -0.487 e. The number of pyridine rings is 1. The maximum Gasteiger partial charge on any atom is 0.244 e. The van der Waals surface area contributed by atoms with Gasteiger partial charge in [0.1, 0.15) is 12.4 Å². The second-order valence-corrected chi connectivity index (χ2v) is 7.16. The number of nitrogens with one attached hydrogen (secondary N) is 2. The van der Waals surface area contributed by atoms with E-state index in [2.05, 4.69) is 20.5 Å². The van der Waals surface area contributed by atoms with Crippen LogP contribution in [0, 0.1) is 4.77 Å². The van der Waals surface area contributed by atoms with Gasteiger partial charge in [0.25, 0.3) is 0 Å². The zero-order valence-electron chi connectivity index (χ0n) is 15.7. The molecule has 1 aromatic carbocycles. The molecule has 2 N–H and O–H groups in total. The molecule has 1 amide bonds. The van der Waals surface area contributed by atoms with Gasteiger partial charge in [-0.1, -0.05) is 18.2 Å². The van der Waals surface area contributed by atoms with E-state index < -0.39 is 0 Å². The highest BCUT2D eigenvalue weighted by molar-refractivity contribution is 7.71. The standard InChI is InChI=1S/C21H21N5O2S/c27-20(23-13-19-24-25-21(29)26(19)17-7-8-17)11-6-15-4-9-18(10-5-15)28-14-16-3-1-2-12-22-16/h1-6,9-12,17H,7-8,13-14H2,(H,23,27)(H,25,29)/b11-6+. The average Bonchev–Trinajstić information content (AvgIpc) is 3.52. The lowest BCUT2D eigenvalue weighted by Crippen LogP contribution is -2.22. The lowest BCUT2D eigenvalue weighted by Gasteiger charge is -2.06. The molecule has 0 bridgehead atoms. The first-order chi connectivity index (χ1) is 14.2. The number of aromatic amines is 1. The minimum absolute atomic E-state index is 0.184. The molecule has 0 spiro atoms. The van der Waals surface area contributed by atoms with Gasteiger partial charge in [0.05, 0.1) is 12.2 Å². The van der Waals surface area contributed by atoms with E-state index in [1.807, 2.05) is 47.0 Å². The highest BCUT2D eigenvalue weighted by Crippen LogP contribution is 2.35. The Morgan fingerprint density at radius 3 is 2.83 bits per heavy atom. The number of carbonyl (C=O) groups is 1. The van der Waals surface area contributed by atoms with E-state index in [9.17, 15) is 4.79 Å². The predicted octanol–water partition coefficient (Wildman–Crippen LogP) is 3.58. The molecule has 1 aliphatic rings. The summed E-state index contributed by atoms with van der Waals surface area (Å²) in [6, 6.07) is 13.7. The highest BCUT2D eigenvalue weighted by Gasteiger charge is 2.27. The fraction of sp³-hybridized carbons (Fsp3) is 0.238. The Morgan fingerprint density at radius 1 is 1.28 bits per heavy atom. The fourth-order valence-electron chi connectivity index (χ4n) is 2.88. The summed E-state index contributed by atoms with van der Waals surface area (Å²) in [5, 5.41) is 9.85. The van der Waals surface area contributed by atoms with Crippen LogP contribution in [0.15, 0.2) is 54.7 Å². The van der Waals surface area contributed by atoms with E-state index in [1.54, 1.807) is 12.3 Å². The number of aromatic nitrogens is 4. The van der Waals surface area contributed by atoms with Gasteiger partial charge in [0.2, 0.25) is 5.91 Å². The summed E-state index contributed by atoms with van der Waals surface area (Å²) in [5.74, 6) is 1.32. The van der Waals surface area contributed by atoms with Crippen LogP contribution in [0.25, 0.3) is 6.08 Å². The molecule has 1 saturated carbocycles.